The van der Waals surface area contributed by atoms with Gasteiger partial charge in [-0.1, -0.05) is 18.2 Å². The van der Waals surface area contributed by atoms with Crippen molar-refractivity contribution >= 4 is 26.9 Å². The summed E-state index contributed by atoms with van der Waals surface area (Å²) in [6.45, 7) is 3.89. The van der Waals surface area contributed by atoms with Crippen molar-refractivity contribution in [3.8, 4) is 5.95 Å². The molecule has 0 amide bonds. The van der Waals surface area contributed by atoms with Crippen LogP contribution in [0.3, 0.4) is 0 Å². The Morgan fingerprint density at radius 1 is 1.07 bits per heavy atom. The highest BCUT2D eigenvalue weighted by Gasteiger charge is 2.18. The van der Waals surface area contributed by atoms with Crippen LogP contribution in [0.2, 0.25) is 0 Å². The molecule has 0 bridgehead atoms. The molecule has 2 heterocycles. The van der Waals surface area contributed by atoms with Gasteiger partial charge in [0.05, 0.1) is 10.4 Å². The van der Waals surface area contributed by atoms with Crippen molar-refractivity contribution in [3.05, 3.63) is 71.4 Å². The molecule has 0 unspecified atom stereocenters. The van der Waals surface area contributed by atoms with Crippen molar-refractivity contribution < 1.29 is 12.8 Å². The van der Waals surface area contributed by atoms with Gasteiger partial charge in [0.25, 0.3) is 0 Å². The van der Waals surface area contributed by atoms with E-state index in [4.69, 9.17) is 5.14 Å². The van der Waals surface area contributed by atoms with Gasteiger partial charge >= 0.3 is 0 Å². The van der Waals surface area contributed by atoms with Gasteiger partial charge in [-0.25, -0.2) is 17.9 Å². The molecule has 0 aliphatic rings. The Kier molecular flexibility index (Phi) is 4.96. The van der Waals surface area contributed by atoms with E-state index in [0.717, 1.165) is 11.3 Å². The highest BCUT2D eigenvalue weighted by atomic mass is 32.2. The fourth-order valence-electron chi connectivity index (χ4n) is 3.32. The number of benzene rings is 2. The predicted octanol–water partition coefficient (Wildman–Crippen LogP) is 2.83. The van der Waals surface area contributed by atoms with E-state index >= 15 is 0 Å². The molecule has 8 nitrogen and oxygen atoms in total. The fourth-order valence-corrected chi connectivity index (χ4v) is 4.06. The number of fused-ring (bicyclic) bond motifs is 1. The second kappa shape index (κ2) is 7.47. The van der Waals surface area contributed by atoms with Crippen molar-refractivity contribution in [1.29, 1.82) is 0 Å². The molecule has 0 radical (unpaired) electrons. The molecule has 10 heteroatoms. The molecule has 4 aromatic rings. The lowest BCUT2D eigenvalue weighted by Gasteiger charge is -2.11. The number of aromatic nitrogens is 4. The van der Waals surface area contributed by atoms with Gasteiger partial charge in [-0.2, -0.15) is 15.0 Å². The van der Waals surface area contributed by atoms with Gasteiger partial charge in [0.15, 0.2) is 0 Å². The Morgan fingerprint density at radius 2 is 1.83 bits per heavy atom. The molecule has 2 aromatic heterocycles. The molecule has 3 N–H and O–H groups in total. The Bertz CT molecular complexity index is 1370. The lowest BCUT2D eigenvalue weighted by molar-refractivity contribution is 0.598. The number of primary sulfonamides is 1. The Balaban J connectivity index is 1.76. The van der Waals surface area contributed by atoms with E-state index in [1.54, 1.807) is 41.8 Å². The summed E-state index contributed by atoms with van der Waals surface area (Å²) in [5.41, 5.74) is 2.10. The van der Waals surface area contributed by atoms with E-state index in [-0.39, 0.29) is 10.7 Å². The maximum absolute atomic E-state index is 13.4. The SMILES string of the molecule is Cc1nc(NCc2cccc(F)c2)nc(-n2c(C)cc3c(S(N)(=O)=O)cccc32)n1. The Labute approximate surface area is 172 Å². The van der Waals surface area contributed by atoms with Crippen LogP contribution in [0.1, 0.15) is 17.1 Å². The fraction of sp³-hybridized carbons (Fsp3) is 0.150. The maximum atomic E-state index is 13.4. The molecule has 0 spiro atoms. The number of anilines is 1. The van der Waals surface area contributed by atoms with Crippen molar-refractivity contribution in [2.75, 3.05) is 5.32 Å². The highest BCUT2D eigenvalue weighted by Crippen LogP contribution is 2.28. The molecule has 4 rings (SSSR count). The minimum atomic E-state index is -3.88. The first-order valence-electron chi connectivity index (χ1n) is 9.07. The standard InChI is InChI=1S/C20H19FN6O2S/c1-12-9-16-17(7-4-8-18(16)30(22,28)29)27(12)20-25-13(2)24-19(26-20)23-11-14-5-3-6-15(21)10-14/h3-10H,11H2,1-2H3,(H2,22,28,29)(H,23,24,25,26). The number of aryl methyl sites for hydroxylation is 2. The summed E-state index contributed by atoms with van der Waals surface area (Å²) in [6.07, 6.45) is 0. The van der Waals surface area contributed by atoms with E-state index in [9.17, 15) is 12.8 Å². The first-order valence-corrected chi connectivity index (χ1v) is 10.6. The number of rotatable bonds is 5. The highest BCUT2D eigenvalue weighted by molar-refractivity contribution is 7.89. The number of hydrogen-bond donors (Lipinski definition) is 2. The number of sulfonamides is 1. The molecule has 2 aromatic carbocycles. The maximum Gasteiger partial charge on any atom is 0.239 e. The van der Waals surface area contributed by atoms with Gasteiger partial charge < -0.3 is 5.32 Å². The largest absolute Gasteiger partial charge is 0.350 e. The number of hydrogen-bond acceptors (Lipinski definition) is 6. The molecule has 0 aliphatic carbocycles. The van der Waals surface area contributed by atoms with Crippen LogP contribution in [-0.4, -0.2) is 27.9 Å². The molecule has 30 heavy (non-hydrogen) atoms. The first kappa shape index (κ1) is 19.9. The normalized spacial score (nSPS) is 11.7. The monoisotopic (exact) mass is 426 g/mol. The Morgan fingerprint density at radius 3 is 2.57 bits per heavy atom. The zero-order valence-electron chi connectivity index (χ0n) is 16.3. The van der Waals surface area contributed by atoms with Crippen LogP contribution in [0, 0.1) is 19.7 Å². The summed E-state index contributed by atoms with van der Waals surface area (Å²) in [6, 6.07) is 12.8. The van der Waals surface area contributed by atoms with Gasteiger partial charge in [0, 0.05) is 17.6 Å². The molecule has 0 saturated carbocycles. The van der Waals surface area contributed by atoms with Crippen LogP contribution in [-0.2, 0) is 16.6 Å². The van der Waals surface area contributed by atoms with E-state index in [1.807, 2.05) is 6.92 Å². The molecule has 0 atom stereocenters. The molecular formula is C20H19FN6O2S. The third-order valence-electron chi connectivity index (χ3n) is 4.57. The van der Waals surface area contributed by atoms with Gasteiger partial charge in [-0.3, -0.25) is 4.57 Å². The summed E-state index contributed by atoms with van der Waals surface area (Å²) in [7, 11) is -3.88. The molecular weight excluding hydrogens is 407 g/mol. The lowest BCUT2D eigenvalue weighted by Crippen LogP contribution is -2.13. The quantitative estimate of drug-likeness (QED) is 0.507. The van der Waals surface area contributed by atoms with Crippen LogP contribution in [0.15, 0.2) is 53.4 Å². The Hall–Kier alpha value is -3.37. The molecule has 0 aliphatic heterocycles. The number of nitrogens with one attached hydrogen (secondary N) is 1. The van der Waals surface area contributed by atoms with Crippen LogP contribution in [0.4, 0.5) is 10.3 Å². The zero-order valence-corrected chi connectivity index (χ0v) is 17.1. The summed E-state index contributed by atoms with van der Waals surface area (Å²) in [4.78, 5) is 13.2. The van der Waals surface area contributed by atoms with Crippen LogP contribution < -0.4 is 10.5 Å². The average Bonchev–Trinajstić information content (AvgIpc) is 3.01. The predicted molar refractivity (Wildman–Crippen MR) is 111 cm³/mol. The van der Waals surface area contributed by atoms with E-state index in [0.29, 0.717) is 35.2 Å². The molecule has 0 saturated heterocycles. The number of nitrogens with zero attached hydrogens (tertiary/aromatic N) is 4. The van der Waals surface area contributed by atoms with Crippen molar-refractivity contribution in [2.45, 2.75) is 25.3 Å². The summed E-state index contributed by atoms with van der Waals surface area (Å²) in [5, 5.41) is 8.93. The van der Waals surface area contributed by atoms with E-state index < -0.39 is 10.0 Å². The smallest absolute Gasteiger partial charge is 0.239 e. The molecule has 0 fully saturated rings. The zero-order chi connectivity index (χ0) is 21.5. The second-order valence-electron chi connectivity index (χ2n) is 6.84. The van der Waals surface area contributed by atoms with Crippen LogP contribution in [0.25, 0.3) is 16.9 Å². The third kappa shape index (κ3) is 3.87. The van der Waals surface area contributed by atoms with Gasteiger partial charge in [-0.15, -0.1) is 0 Å². The van der Waals surface area contributed by atoms with Gasteiger partial charge in [0.2, 0.25) is 21.9 Å². The first-order chi connectivity index (χ1) is 14.2. The van der Waals surface area contributed by atoms with Gasteiger partial charge in [-0.05, 0) is 49.7 Å². The average molecular weight is 426 g/mol. The van der Waals surface area contributed by atoms with Crippen LogP contribution >= 0.6 is 0 Å². The van der Waals surface area contributed by atoms with Crippen molar-refractivity contribution in [1.82, 2.24) is 19.5 Å². The minimum Gasteiger partial charge on any atom is -0.350 e. The van der Waals surface area contributed by atoms with Crippen molar-refractivity contribution in [3.63, 3.8) is 0 Å². The molecule has 154 valence electrons. The van der Waals surface area contributed by atoms with E-state index in [1.165, 1.54) is 18.2 Å². The lowest BCUT2D eigenvalue weighted by atomic mass is 10.2. The number of nitrogens with two attached hydrogens (primary N) is 1. The minimum absolute atomic E-state index is 0.0390. The second-order valence-corrected chi connectivity index (χ2v) is 8.37. The summed E-state index contributed by atoms with van der Waals surface area (Å²) in [5.74, 6) is 0.821. The third-order valence-corrected chi connectivity index (χ3v) is 5.54. The summed E-state index contributed by atoms with van der Waals surface area (Å²) >= 11 is 0. The topological polar surface area (TPSA) is 116 Å². The van der Waals surface area contributed by atoms with Gasteiger partial charge in [0.1, 0.15) is 11.6 Å². The van der Waals surface area contributed by atoms with E-state index in [2.05, 4.69) is 20.3 Å². The number of halogens is 1. The summed E-state index contributed by atoms with van der Waals surface area (Å²) < 4.78 is 39.0. The van der Waals surface area contributed by atoms with Crippen molar-refractivity contribution in [2.24, 2.45) is 5.14 Å². The van der Waals surface area contributed by atoms with Crippen LogP contribution in [0.5, 0.6) is 0 Å².